The number of rotatable bonds is 5. The van der Waals surface area contributed by atoms with Crippen molar-refractivity contribution in [3.05, 3.63) is 48.4 Å². The Morgan fingerprint density at radius 1 is 1.00 bits per heavy atom. The summed E-state index contributed by atoms with van der Waals surface area (Å²) in [6.45, 7) is 3.00. The van der Waals surface area contributed by atoms with Crippen LogP contribution in [0.5, 0.6) is 5.75 Å². The van der Waals surface area contributed by atoms with Gasteiger partial charge in [-0.25, -0.2) is 9.97 Å². The molecule has 2 aliphatic rings. The molecule has 1 aliphatic carbocycles. The lowest BCUT2D eigenvalue weighted by Gasteiger charge is -2.31. The number of halogens is 3. The number of hydrogen-bond donors (Lipinski definition) is 1. The number of benzene rings is 1. The van der Waals surface area contributed by atoms with Crippen LogP contribution in [-0.2, 0) is 10.9 Å². The molecule has 2 aromatic heterocycles. The topological polar surface area (TPSA) is 72.4 Å². The molecule has 7 nitrogen and oxygen atoms in total. The van der Waals surface area contributed by atoms with Crippen molar-refractivity contribution in [2.75, 3.05) is 36.5 Å². The zero-order valence-electron chi connectivity index (χ0n) is 18.6. The first kappa shape index (κ1) is 22.6. The Hall–Kier alpha value is -3.14. The average molecular weight is 473 g/mol. The number of nitrogens with one attached hydrogen (secondary N) is 1. The Morgan fingerprint density at radius 3 is 2.53 bits per heavy atom. The van der Waals surface area contributed by atoms with Gasteiger partial charge in [0.15, 0.2) is 0 Å². The molecule has 0 atom stereocenters. The van der Waals surface area contributed by atoms with Gasteiger partial charge in [0.1, 0.15) is 22.8 Å². The molecule has 0 spiro atoms. The Bertz CT molecular complexity index is 1130. The molecule has 0 unspecified atom stereocenters. The van der Waals surface area contributed by atoms with Crippen LogP contribution in [0.15, 0.2) is 42.7 Å². The third-order valence-corrected chi connectivity index (χ3v) is 6.26. The number of pyridine rings is 1. The molecule has 34 heavy (non-hydrogen) atoms. The number of nitrogens with zero attached hydrogens (tertiary/aromatic N) is 4. The van der Waals surface area contributed by atoms with E-state index >= 15 is 0 Å². The third-order valence-electron chi connectivity index (χ3n) is 6.26. The molecule has 1 N–H and O–H groups in total. The minimum Gasteiger partial charge on any atom is -0.488 e. The Labute approximate surface area is 195 Å². The van der Waals surface area contributed by atoms with E-state index in [-0.39, 0.29) is 18.0 Å². The normalized spacial score (nSPS) is 21.4. The first-order valence-corrected chi connectivity index (χ1v) is 11.5. The molecule has 0 bridgehead atoms. The summed E-state index contributed by atoms with van der Waals surface area (Å²) in [6, 6.07) is 8.03. The maximum Gasteiger partial charge on any atom is 0.433 e. The Kier molecular flexibility index (Phi) is 6.40. The fourth-order valence-electron chi connectivity index (χ4n) is 4.51. The molecule has 10 heteroatoms. The summed E-state index contributed by atoms with van der Waals surface area (Å²) < 4.78 is 50.7. The van der Waals surface area contributed by atoms with Gasteiger partial charge in [-0.3, -0.25) is 4.98 Å². The van der Waals surface area contributed by atoms with Crippen molar-refractivity contribution in [1.29, 1.82) is 0 Å². The first-order chi connectivity index (χ1) is 16.5. The van der Waals surface area contributed by atoms with Crippen LogP contribution in [0.2, 0.25) is 0 Å². The first-order valence-electron chi connectivity index (χ1n) is 11.5. The van der Waals surface area contributed by atoms with Gasteiger partial charge in [-0.15, -0.1) is 0 Å². The van der Waals surface area contributed by atoms with E-state index in [0.717, 1.165) is 61.6 Å². The average Bonchev–Trinajstić information content (AvgIpc) is 2.85. The maximum atomic E-state index is 12.9. The number of hydrogen-bond acceptors (Lipinski definition) is 7. The Morgan fingerprint density at radius 2 is 1.76 bits per heavy atom. The van der Waals surface area contributed by atoms with Crippen LogP contribution < -0.4 is 15.0 Å². The smallest absolute Gasteiger partial charge is 0.433 e. The number of aromatic nitrogens is 3. The highest BCUT2D eigenvalue weighted by Gasteiger charge is 2.33. The van der Waals surface area contributed by atoms with Gasteiger partial charge in [0.25, 0.3) is 0 Å². The number of alkyl halides is 3. The van der Waals surface area contributed by atoms with Gasteiger partial charge in [-0.2, -0.15) is 13.2 Å². The largest absolute Gasteiger partial charge is 0.488 e. The second-order valence-electron chi connectivity index (χ2n) is 8.61. The van der Waals surface area contributed by atoms with Crippen LogP contribution in [0.25, 0.3) is 11.0 Å². The second-order valence-corrected chi connectivity index (χ2v) is 8.61. The summed E-state index contributed by atoms with van der Waals surface area (Å²) in [4.78, 5) is 14.9. The predicted molar refractivity (Wildman–Crippen MR) is 122 cm³/mol. The summed E-state index contributed by atoms with van der Waals surface area (Å²) in [5.41, 5.74) is 1.67. The molecule has 180 valence electrons. The van der Waals surface area contributed by atoms with Crippen LogP contribution in [0, 0.1) is 0 Å². The molecule has 3 heterocycles. The zero-order valence-corrected chi connectivity index (χ0v) is 18.6. The lowest BCUT2D eigenvalue weighted by Crippen LogP contribution is -2.36. The van der Waals surface area contributed by atoms with E-state index in [1.807, 2.05) is 12.1 Å². The molecule has 1 aliphatic heterocycles. The van der Waals surface area contributed by atoms with Crippen molar-refractivity contribution < 1.29 is 22.6 Å². The number of ether oxygens (including phenoxy) is 2. The summed E-state index contributed by atoms with van der Waals surface area (Å²) in [7, 11) is 0. The molecular formula is C24H26F3N5O2. The van der Waals surface area contributed by atoms with Crippen molar-refractivity contribution >= 4 is 22.5 Å². The van der Waals surface area contributed by atoms with Gasteiger partial charge in [-0.05, 0) is 43.9 Å². The van der Waals surface area contributed by atoms with Gasteiger partial charge < -0.3 is 19.7 Å². The molecule has 2 fully saturated rings. The lowest BCUT2D eigenvalue weighted by molar-refractivity contribution is -0.141. The molecule has 0 radical (unpaired) electrons. The van der Waals surface area contributed by atoms with Crippen molar-refractivity contribution in [1.82, 2.24) is 15.0 Å². The third kappa shape index (κ3) is 5.16. The van der Waals surface area contributed by atoms with E-state index in [4.69, 9.17) is 9.47 Å². The summed E-state index contributed by atoms with van der Waals surface area (Å²) in [6.07, 6.45) is 1.98. The monoisotopic (exact) mass is 473 g/mol. The van der Waals surface area contributed by atoms with Crippen LogP contribution in [0.3, 0.4) is 0 Å². The molecule has 1 saturated carbocycles. The van der Waals surface area contributed by atoms with Crippen LogP contribution in [0.1, 0.15) is 31.4 Å². The van der Waals surface area contributed by atoms with Crippen LogP contribution >= 0.6 is 0 Å². The highest BCUT2D eigenvalue weighted by Crippen LogP contribution is 2.34. The van der Waals surface area contributed by atoms with Crippen molar-refractivity contribution in [2.24, 2.45) is 0 Å². The molecular weight excluding hydrogens is 447 g/mol. The SMILES string of the molecule is FC(F)(F)c1cccc(NC2CCC(Oc3cc(N4CCOCC4)cc4nccnc34)CC2)n1. The molecule has 3 aromatic rings. The van der Waals surface area contributed by atoms with Crippen molar-refractivity contribution in [3.8, 4) is 5.75 Å². The van der Waals surface area contributed by atoms with E-state index in [1.165, 1.54) is 6.07 Å². The summed E-state index contributed by atoms with van der Waals surface area (Å²) in [5, 5.41) is 3.15. The van der Waals surface area contributed by atoms with E-state index in [2.05, 4.69) is 25.2 Å². The Balaban J connectivity index is 1.25. The molecule has 0 amide bonds. The van der Waals surface area contributed by atoms with E-state index < -0.39 is 11.9 Å². The van der Waals surface area contributed by atoms with Gasteiger partial charge in [0.05, 0.1) is 24.8 Å². The fraction of sp³-hybridized carbons (Fsp3) is 0.458. The van der Waals surface area contributed by atoms with Gasteiger partial charge >= 0.3 is 6.18 Å². The number of anilines is 2. The minimum atomic E-state index is -4.45. The highest BCUT2D eigenvalue weighted by molar-refractivity contribution is 5.85. The highest BCUT2D eigenvalue weighted by atomic mass is 19.4. The van der Waals surface area contributed by atoms with Crippen LogP contribution in [0.4, 0.5) is 24.7 Å². The van der Waals surface area contributed by atoms with Crippen LogP contribution in [-0.4, -0.2) is 53.4 Å². The molecule has 1 aromatic carbocycles. The van der Waals surface area contributed by atoms with Gasteiger partial charge in [0.2, 0.25) is 0 Å². The molecule has 5 rings (SSSR count). The zero-order chi connectivity index (χ0) is 23.5. The van der Waals surface area contributed by atoms with Crippen molar-refractivity contribution in [2.45, 2.75) is 44.0 Å². The summed E-state index contributed by atoms with van der Waals surface area (Å²) >= 11 is 0. The van der Waals surface area contributed by atoms with Gasteiger partial charge in [0, 0.05) is 43.3 Å². The van der Waals surface area contributed by atoms with E-state index in [0.29, 0.717) is 19.0 Å². The quantitative estimate of drug-likeness (QED) is 0.577. The fourth-order valence-corrected chi connectivity index (χ4v) is 4.51. The van der Waals surface area contributed by atoms with Gasteiger partial charge in [-0.1, -0.05) is 6.07 Å². The van der Waals surface area contributed by atoms with E-state index in [9.17, 15) is 13.2 Å². The number of fused-ring (bicyclic) bond motifs is 1. The minimum absolute atomic E-state index is 0.00216. The summed E-state index contributed by atoms with van der Waals surface area (Å²) in [5.74, 6) is 0.960. The second kappa shape index (κ2) is 9.61. The van der Waals surface area contributed by atoms with Crippen molar-refractivity contribution in [3.63, 3.8) is 0 Å². The standard InChI is InChI=1S/C24H26F3N5O2/c25-24(26,27)21-2-1-3-22(31-21)30-16-4-6-18(7-5-16)34-20-15-17(32-10-12-33-13-11-32)14-19-23(20)29-9-8-28-19/h1-3,8-9,14-16,18H,4-7,10-13H2,(H,30,31). The number of morpholine rings is 1. The predicted octanol–water partition coefficient (Wildman–Crippen LogP) is 4.68. The maximum absolute atomic E-state index is 12.9. The molecule has 1 saturated heterocycles. The van der Waals surface area contributed by atoms with E-state index in [1.54, 1.807) is 18.5 Å². The lowest BCUT2D eigenvalue weighted by atomic mass is 9.93.